The summed E-state index contributed by atoms with van der Waals surface area (Å²) in [6.45, 7) is 0. The molecule has 1 aliphatic carbocycles. The van der Waals surface area contributed by atoms with Gasteiger partial charge in [-0.1, -0.05) is 18.2 Å². The van der Waals surface area contributed by atoms with E-state index in [0.717, 1.165) is 41.8 Å². The second-order valence-electron chi connectivity index (χ2n) is 5.85. The monoisotopic (exact) mass is 331 g/mol. The second-order valence-corrected chi connectivity index (χ2v) is 5.85. The van der Waals surface area contributed by atoms with E-state index in [9.17, 15) is 4.79 Å². The van der Waals surface area contributed by atoms with Gasteiger partial charge in [-0.25, -0.2) is 10.1 Å². The smallest absolute Gasteiger partial charge is 0.265 e. The van der Waals surface area contributed by atoms with Gasteiger partial charge in [-0.05, 0) is 49.1 Å². The van der Waals surface area contributed by atoms with Crippen LogP contribution in [0.3, 0.4) is 0 Å². The third-order valence-electron chi connectivity index (χ3n) is 4.23. The van der Waals surface area contributed by atoms with E-state index in [1.54, 1.807) is 18.6 Å². The van der Waals surface area contributed by atoms with E-state index >= 15 is 0 Å². The Balaban J connectivity index is 1.58. The molecule has 6 heteroatoms. The van der Waals surface area contributed by atoms with Crippen LogP contribution < -0.4 is 5.43 Å². The maximum atomic E-state index is 12.5. The lowest BCUT2D eigenvalue weighted by molar-refractivity contribution is 0.0949. The van der Waals surface area contributed by atoms with E-state index in [2.05, 4.69) is 20.6 Å². The summed E-state index contributed by atoms with van der Waals surface area (Å²) in [5, 5.41) is 8.57. The Morgan fingerprint density at radius 1 is 1.12 bits per heavy atom. The summed E-state index contributed by atoms with van der Waals surface area (Å²) in [4.78, 5) is 16.5. The van der Waals surface area contributed by atoms with Crippen LogP contribution in [-0.4, -0.2) is 26.9 Å². The molecule has 0 saturated carbocycles. The largest absolute Gasteiger partial charge is 0.292 e. The summed E-state index contributed by atoms with van der Waals surface area (Å²) < 4.78 is 1.88. The zero-order valence-corrected chi connectivity index (χ0v) is 13.6. The highest BCUT2D eigenvalue weighted by molar-refractivity contribution is 5.95. The average molecular weight is 331 g/mol. The van der Waals surface area contributed by atoms with Crippen LogP contribution in [0.5, 0.6) is 0 Å². The van der Waals surface area contributed by atoms with Gasteiger partial charge in [-0.15, -0.1) is 0 Å². The molecule has 4 rings (SSSR count). The molecule has 0 unspecified atom stereocenters. The van der Waals surface area contributed by atoms with Gasteiger partial charge in [0.2, 0.25) is 0 Å². The minimum Gasteiger partial charge on any atom is -0.265 e. The number of hydrogen-bond donors (Lipinski definition) is 1. The molecule has 2 heterocycles. The van der Waals surface area contributed by atoms with Gasteiger partial charge in [-0.2, -0.15) is 10.2 Å². The van der Waals surface area contributed by atoms with Gasteiger partial charge < -0.3 is 0 Å². The number of hydrazone groups is 1. The fraction of sp³-hybridized carbons (Fsp3) is 0.158. The first-order valence-electron chi connectivity index (χ1n) is 8.22. The molecule has 1 amide bonds. The lowest BCUT2D eigenvalue weighted by Gasteiger charge is -2.04. The van der Waals surface area contributed by atoms with Crippen LogP contribution in [0.25, 0.3) is 5.69 Å². The van der Waals surface area contributed by atoms with Crippen molar-refractivity contribution in [2.45, 2.75) is 19.3 Å². The maximum absolute atomic E-state index is 12.5. The van der Waals surface area contributed by atoms with Crippen LogP contribution in [0.15, 0.2) is 60.0 Å². The zero-order chi connectivity index (χ0) is 17.1. The molecule has 124 valence electrons. The predicted molar refractivity (Wildman–Crippen MR) is 94.9 cm³/mol. The van der Waals surface area contributed by atoms with Gasteiger partial charge in [0.1, 0.15) is 0 Å². The summed E-state index contributed by atoms with van der Waals surface area (Å²) in [5.74, 6) is -0.280. The van der Waals surface area contributed by atoms with Gasteiger partial charge >= 0.3 is 0 Å². The third-order valence-corrected chi connectivity index (χ3v) is 4.23. The number of aromatic nitrogens is 3. The number of nitrogens with zero attached hydrogens (tertiary/aromatic N) is 4. The number of fused-ring (bicyclic) bond motifs is 1. The van der Waals surface area contributed by atoms with Crippen LogP contribution in [0.2, 0.25) is 0 Å². The highest BCUT2D eigenvalue weighted by Gasteiger charge is 2.26. The van der Waals surface area contributed by atoms with Crippen molar-refractivity contribution in [1.82, 2.24) is 20.2 Å². The number of nitrogens with one attached hydrogen (secondary N) is 1. The van der Waals surface area contributed by atoms with Crippen molar-refractivity contribution in [1.29, 1.82) is 0 Å². The minimum atomic E-state index is -0.280. The Bertz CT molecular complexity index is 916. The van der Waals surface area contributed by atoms with E-state index in [1.165, 1.54) is 0 Å². The lowest BCUT2D eigenvalue weighted by Crippen LogP contribution is -2.20. The Labute approximate surface area is 145 Å². The Kier molecular flexibility index (Phi) is 4.08. The van der Waals surface area contributed by atoms with Crippen LogP contribution in [0.4, 0.5) is 0 Å². The third kappa shape index (κ3) is 3.06. The molecule has 2 aromatic heterocycles. The summed E-state index contributed by atoms with van der Waals surface area (Å²) >= 11 is 0. The fourth-order valence-corrected chi connectivity index (χ4v) is 3.07. The van der Waals surface area contributed by atoms with E-state index in [-0.39, 0.29) is 5.91 Å². The van der Waals surface area contributed by atoms with E-state index in [4.69, 9.17) is 0 Å². The van der Waals surface area contributed by atoms with Crippen molar-refractivity contribution >= 4 is 12.1 Å². The first-order chi connectivity index (χ1) is 12.3. The molecule has 6 nitrogen and oxygen atoms in total. The molecule has 0 fully saturated rings. The molecule has 0 atom stereocenters. The first kappa shape index (κ1) is 15.3. The van der Waals surface area contributed by atoms with Crippen LogP contribution in [0.1, 0.15) is 33.7 Å². The number of amides is 1. The molecular weight excluding hydrogens is 314 g/mol. The molecule has 1 N–H and O–H groups in total. The zero-order valence-electron chi connectivity index (χ0n) is 13.6. The van der Waals surface area contributed by atoms with Crippen LogP contribution >= 0.6 is 0 Å². The van der Waals surface area contributed by atoms with Gasteiger partial charge in [0.25, 0.3) is 5.91 Å². The number of carbonyl (C=O) groups excluding carboxylic acids is 1. The van der Waals surface area contributed by atoms with E-state index in [0.29, 0.717) is 5.69 Å². The van der Waals surface area contributed by atoms with Crippen molar-refractivity contribution in [2.75, 3.05) is 0 Å². The quantitative estimate of drug-likeness (QED) is 0.590. The normalized spacial score (nSPS) is 13.1. The van der Waals surface area contributed by atoms with E-state index in [1.807, 2.05) is 47.1 Å². The van der Waals surface area contributed by atoms with Crippen molar-refractivity contribution in [3.63, 3.8) is 0 Å². The van der Waals surface area contributed by atoms with Gasteiger partial charge in [0.15, 0.2) is 5.69 Å². The minimum absolute atomic E-state index is 0.280. The average Bonchev–Trinajstić information content (AvgIpc) is 3.26. The van der Waals surface area contributed by atoms with Crippen molar-refractivity contribution in [3.8, 4) is 5.69 Å². The number of benzene rings is 1. The topological polar surface area (TPSA) is 72.2 Å². The Hall–Kier alpha value is -3.28. The molecule has 0 aliphatic heterocycles. The van der Waals surface area contributed by atoms with E-state index < -0.39 is 0 Å². The van der Waals surface area contributed by atoms with Gasteiger partial charge in [0.05, 0.1) is 11.9 Å². The SMILES string of the molecule is O=C(N/N=C/c1ccncc1)c1nn(-c2ccccc2)c2c1CCC2. The maximum Gasteiger partial charge on any atom is 0.292 e. The van der Waals surface area contributed by atoms with Gasteiger partial charge in [-0.3, -0.25) is 9.78 Å². The first-order valence-corrected chi connectivity index (χ1v) is 8.22. The lowest BCUT2D eigenvalue weighted by atomic mass is 10.2. The highest BCUT2D eigenvalue weighted by atomic mass is 16.2. The van der Waals surface area contributed by atoms with Crippen molar-refractivity contribution < 1.29 is 4.79 Å². The van der Waals surface area contributed by atoms with Crippen LogP contribution in [0, 0.1) is 0 Å². The summed E-state index contributed by atoms with van der Waals surface area (Å²) in [6.07, 6.45) is 7.80. The predicted octanol–water partition coefficient (Wildman–Crippen LogP) is 2.52. The van der Waals surface area contributed by atoms with Crippen molar-refractivity contribution in [2.24, 2.45) is 5.10 Å². The summed E-state index contributed by atoms with van der Waals surface area (Å²) in [7, 11) is 0. The van der Waals surface area contributed by atoms with Crippen molar-refractivity contribution in [3.05, 3.63) is 77.4 Å². The van der Waals surface area contributed by atoms with Crippen LogP contribution in [-0.2, 0) is 12.8 Å². The standard InChI is InChI=1S/C19H17N5O/c25-19(22-21-13-14-9-11-20-12-10-14)18-16-7-4-8-17(16)24(23-18)15-5-2-1-3-6-15/h1-3,5-6,9-13H,4,7-8H2,(H,22,25)/b21-13+. The molecule has 1 aliphatic rings. The molecule has 1 aromatic carbocycles. The van der Waals surface area contributed by atoms with Gasteiger partial charge in [0, 0.05) is 23.7 Å². The Morgan fingerprint density at radius 3 is 2.72 bits per heavy atom. The molecule has 3 aromatic rings. The summed E-state index contributed by atoms with van der Waals surface area (Å²) in [5.41, 5.74) is 7.03. The summed E-state index contributed by atoms with van der Waals surface area (Å²) in [6, 6.07) is 13.5. The molecule has 0 radical (unpaired) electrons. The molecule has 0 saturated heterocycles. The number of pyridine rings is 1. The second kappa shape index (κ2) is 6.68. The molecule has 25 heavy (non-hydrogen) atoms. The molecular formula is C19H17N5O. The fourth-order valence-electron chi connectivity index (χ4n) is 3.07. The number of hydrogen-bond acceptors (Lipinski definition) is 4. The molecule has 0 bridgehead atoms. The number of rotatable bonds is 4. The number of para-hydroxylation sites is 1. The highest BCUT2D eigenvalue weighted by Crippen LogP contribution is 2.27. The number of carbonyl (C=O) groups is 1. The molecule has 0 spiro atoms. The Morgan fingerprint density at radius 2 is 1.92 bits per heavy atom.